The molecule has 6 heteroatoms. The van der Waals surface area contributed by atoms with Crippen LogP contribution in [0.15, 0.2) is 24.3 Å². The molecule has 1 aromatic carbocycles. The molecule has 0 saturated carbocycles. The first-order valence-corrected chi connectivity index (χ1v) is 9.14. The molecular weight excluding hydrogens is 324 g/mol. The highest BCUT2D eigenvalue weighted by Crippen LogP contribution is 2.29. The lowest BCUT2D eigenvalue weighted by Gasteiger charge is -2.24. The van der Waals surface area contributed by atoms with E-state index in [4.69, 9.17) is 0 Å². The lowest BCUT2D eigenvalue weighted by molar-refractivity contribution is -0.143. The molecule has 1 atom stereocenters. The van der Waals surface area contributed by atoms with Crippen molar-refractivity contribution < 1.29 is 14.7 Å². The number of carboxylic acid groups (broad SMARTS) is 1. The van der Waals surface area contributed by atoms with E-state index in [0.717, 1.165) is 16.7 Å². The normalized spacial score (nSPS) is 21.1. The molecule has 2 aromatic rings. The van der Waals surface area contributed by atoms with Crippen LogP contribution in [-0.2, 0) is 10.2 Å². The number of aromatic amines is 1. The predicted octanol–water partition coefficient (Wildman–Crippen LogP) is 3.16. The zero-order valence-electron chi connectivity index (χ0n) is 14.1. The van der Waals surface area contributed by atoms with E-state index in [0.29, 0.717) is 17.9 Å². The predicted molar refractivity (Wildman–Crippen MR) is 96.8 cm³/mol. The second-order valence-electron chi connectivity index (χ2n) is 7.38. The number of nitrogens with one attached hydrogen (secondary N) is 2. The molecule has 24 heavy (non-hydrogen) atoms. The van der Waals surface area contributed by atoms with E-state index in [1.165, 1.54) is 5.56 Å². The topological polar surface area (TPSA) is 82.2 Å². The van der Waals surface area contributed by atoms with Crippen LogP contribution in [0.4, 0.5) is 0 Å². The molecule has 3 rings (SSSR count). The van der Waals surface area contributed by atoms with Gasteiger partial charge in [-0.05, 0) is 35.3 Å². The molecule has 128 valence electrons. The van der Waals surface area contributed by atoms with Crippen molar-refractivity contribution >= 4 is 34.5 Å². The number of aromatic nitrogens is 1. The number of carbonyl (C=O) groups excluding carboxylic acids is 1. The quantitative estimate of drug-likeness (QED) is 0.797. The Hall–Kier alpha value is -1.95. The van der Waals surface area contributed by atoms with E-state index in [9.17, 15) is 14.7 Å². The molecule has 1 amide bonds. The number of H-pyrrole nitrogens is 1. The average Bonchev–Trinajstić information content (AvgIpc) is 3.12. The maximum absolute atomic E-state index is 12.5. The van der Waals surface area contributed by atoms with Crippen LogP contribution in [-0.4, -0.2) is 39.0 Å². The van der Waals surface area contributed by atoms with E-state index in [1.54, 1.807) is 17.8 Å². The van der Waals surface area contributed by atoms with Crippen molar-refractivity contribution in [1.29, 1.82) is 0 Å². The summed E-state index contributed by atoms with van der Waals surface area (Å²) in [5.74, 6) is -0.183. The summed E-state index contributed by atoms with van der Waals surface area (Å²) in [4.78, 5) is 27.3. The van der Waals surface area contributed by atoms with Gasteiger partial charge in [0.05, 0.1) is 0 Å². The molecule has 1 fully saturated rings. The van der Waals surface area contributed by atoms with Gasteiger partial charge in [-0.3, -0.25) is 4.79 Å². The second kappa shape index (κ2) is 5.84. The summed E-state index contributed by atoms with van der Waals surface area (Å²) < 4.78 is 0. The summed E-state index contributed by atoms with van der Waals surface area (Å²) in [6, 6.07) is 7.87. The Morgan fingerprint density at radius 3 is 2.62 bits per heavy atom. The van der Waals surface area contributed by atoms with Crippen LogP contribution in [0.2, 0.25) is 0 Å². The number of hydrogen-bond acceptors (Lipinski definition) is 3. The maximum Gasteiger partial charge on any atom is 0.330 e. The zero-order valence-corrected chi connectivity index (χ0v) is 14.9. The summed E-state index contributed by atoms with van der Waals surface area (Å²) in [5.41, 5.74) is 1.33. The molecule has 0 radical (unpaired) electrons. The highest BCUT2D eigenvalue weighted by Gasteiger charge is 2.43. The SMILES string of the molecule is CC(C)(C)c1ccc2cc(C(=O)NC3(C(=O)O)CCSC3)[nH]c2c1. The minimum Gasteiger partial charge on any atom is -0.479 e. The molecule has 3 N–H and O–H groups in total. The molecule has 1 saturated heterocycles. The summed E-state index contributed by atoms with van der Waals surface area (Å²) in [7, 11) is 0. The van der Waals surface area contributed by atoms with Crippen molar-refractivity contribution in [2.75, 3.05) is 11.5 Å². The summed E-state index contributed by atoms with van der Waals surface area (Å²) >= 11 is 1.55. The molecule has 1 aromatic heterocycles. The maximum atomic E-state index is 12.5. The van der Waals surface area contributed by atoms with Gasteiger partial charge >= 0.3 is 5.97 Å². The number of fused-ring (bicyclic) bond motifs is 1. The molecular formula is C18H22N2O3S. The lowest BCUT2D eigenvalue weighted by Crippen LogP contribution is -2.54. The van der Waals surface area contributed by atoms with Gasteiger partial charge in [-0.25, -0.2) is 4.79 Å². The van der Waals surface area contributed by atoms with Gasteiger partial charge in [0, 0.05) is 16.7 Å². The van der Waals surface area contributed by atoms with Crippen molar-refractivity contribution in [3.05, 3.63) is 35.5 Å². The minimum absolute atomic E-state index is 0.0240. The van der Waals surface area contributed by atoms with Gasteiger partial charge in [-0.15, -0.1) is 0 Å². The smallest absolute Gasteiger partial charge is 0.330 e. The van der Waals surface area contributed by atoms with Crippen molar-refractivity contribution in [1.82, 2.24) is 10.3 Å². The van der Waals surface area contributed by atoms with Crippen LogP contribution < -0.4 is 5.32 Å². The Kier molecular flexibility index (Phi) is 4.11. The van der Waals surface area contributed by atoms with Crippen LogP contribution in [0, 0.1) is 0 Å². The molecule has 0 spiro atoms. The number of benzene rings is 1. The number of amides is 1. The fraction of sp³-hybridized carbons (Fsp3) is 0.444. The van der Waals surface area contributed by atoms with Crippen LogP contribution in [0.5, 0.6) is 0 Å². The van der Waals surface area contributed by atoms with Crippen LogP contribution >= 0.6 is 11.8 Å². The Morgan fingerprint density at radius 1 is 1.29 bits per heavy atom. The van der Waals surface area contributed by atoms with Gasteiger partial charge < -0.3 is 15.4 Å². The lowest BCUT2D eigenvalue weighted by atomic mass is 9.87. The van der Waals surface area contributed by atoms with Gasteiger partial charge in [-0.1, -0.05) is 32.9 Å². The first kappa shape index (κ1) is 16.9. The number of carboxylic acids is 1. The van der Waals surface area contributed by atoms with Crippen molar-refractivity contribution in [2.45, 2.75) is 38.1 Å². The van der Waals surface area contributed by atoms with Gasteiger partial charge in [0.25, 0.3) is 5.91 Å². The minimum atomic E-state index is -1.16. The molecule has 1 aliphatic heterocycles. The first-order valence-electron chi connectivity index (χ1n) is 7.98. The third-order valence-electron chi connectivity index (χ3n) is 4.52. The van der Waals surface area contributed by atoms with Crippen molar-refractivity contribution in [3.63, 3.8) is 0 Å². The molecule has 1 unspecified atom stereocenters. The largest absolute Gasteiger partial charge is 0.479 e. The molecule has 1 aliphatic rings. The van der Waals surface area contributed by atoms with E-state index in [1.807, 2.05) is 12.1 Å². The van der Waals surface area contributed by atoms with Gasteiger partial charge in [0.1, 0.15) is 11.2 Å². The van der Waals surface area contributed by atoms with Gasteiger partial charge in [0.2, 0.25) is 0 Å². The van der Waals surface area contributed by atoms with Gasteiger partial charge in [0.15, 0.2) is 0 Å². The number of rotatable bonds is 3. The fourth-order valence-electron chi connectivity index (χ4n) is 2.89. The molecule has 5 nitrogen and oxygen atoms in total. The Balaban J connectivity index is 1.89. The standard InChI is InChI=1S/C18H22N2O3S/c1-17(2,3)12-5-4-11-8-14(19-13(11)9-12)15(21)20-18(16(22)23)6-7-24-10-18/h4-5,8-9,19H,6-7,10H2,1-3H3,(H,20,21)(H,22,23). The van der Waals surface area contributed by atoms with E-state index in [2.05, 4.69) is 37.1 Å². The van der Waals surface area contributed by atoms with Crippen molar-refractivity contribution in [2.24, 2.45) is 0 Å². The molecule has 0 aliphatic carbocycles. The first-order chi connectivity index (χ1) is 11.2. The Morgan fingerprint density at radius 2 is 2.04 bits per heavy atom. The number of carbonyl (C=O) groups is 2. The Bertz CT molecular complexity index is 798. The third kappa shape index (κ3) is 3.02. The second-order valence-corrected chi connectivity index (χ2v) is 8.48. The molecule has 0 bridgehead atoms. The summed E-state index contributed by atoms with van der Waals surface area (Å²) in [6.45, 7) is 6.41. The van der Waals surface area contributed by atoms with E-state index >= 15 is 0 Å². The number of hydrogen-bond donors (Lipinski definition) is 3. The highest BCUT2D eigenvalue weighted by molar-refractivity contribution is 7.99. The van der Waals surface area contributed by atoms with E-state index < -0.39 is 11.5 Å². The third-order valence-corrected chi connectivity index (χ3v) is 5.71. The monoisotopic (exact) mass is 346 g/mol. The number of aliphatic carboxylic acids is 1. The number of thioether (sulfide) groups is 1. The molecule has 2 heterocycles. The summed E-state index contributed by atoms with van der Waals surface area (Å²) in [6.07, 6.45) is 0.452. The Labute approximate surface area is 145 Å². The highest BCUT2D eigenvalue weighted by atomic mass is 32.2. The van der Waals surface area contributed by atoms with Crippen LogP contribution in [0.25, 0.3) is 10.9 Å². The fourth-order valence-corrected chi connectivity index (χ4v) is 4.21. The van der Waals surface area contributed by atoms with Crippen LogP contribution in [0.3, 0.4) is 0 Å². The summed E-state index contributed by atoms with van der Waals surface area (Å²) in [5, 5.41) is 13.2. The van der Waals surface area contributed by atoms with Crippen molar-refractivity contribution in [3.8, 4) is 0 Å². The van der Waals surface area contributed by atoms with Gasteiger partial charge in [-0.2, -0.15) is 11.8 Å². The average molecular weight is 346 g/mol. The van der Waals surface area contributed by atoms with Crippen LogP contribution in [0.1, 0.15) is 43.2 Å². The van der Waals surface area contributed by atoms with E-state index in [-0.39, 0.29) is 11.3 Å². The zero-order chi connectivity index (χ0) is 17.5.